The van der Waals surface area contributed by atoms with Gasteiger partial charge in [-0.3, -0.25) is 9.69 Å². The molecule has 29 heavy (non-hydrogen) atoms. The molecule has 150 valence electrons. The van der Waals surface area contributed by atoms with Crippen LogP contribution in [-0.2, 0) is 6.54 Å². The summed E-state index contributed by atoms with van der Waals surface area (Å²) in [5.41, 5.74) is 4.28. The second-order valence-electron chi connectivity index (χ2n) is 6.82. The zero-order valence-electron chi connectivity index (χ0n) is 16.2. The van der Waals surface area contributed by atoms with E-state index in [0.717, 1.165) is 29.2 Å². The van der Waals surface area contributed by atoms with Crippen molar-refractivity contribution >= 4 is 17.2 Å². The third kappa shape index (κ3) is 4.58. The molecule has 2 aromatic carbocycles. The van der Waals surface area contributed by atoms with Crippen LogP contribution in [-0.4, -0.2) is 42.5 Å². The molecule has 0 fully saturated rings. The Labute approximate surface area is 174 Å². The van der Waals surface area contributed by atoms with E-state index in [1.54, 1.807) is 18.0 Å². The van der Waals surface area contributed by atoms with Crippen molar-refractivity contribution < 1.29 is 14.3 Å². The molecule has 6 nitrogen and oxygen atoms in total. The fraction of sp³-hybridized carbons (Fsp3) is 0.273. The lowest BCUT2D eigenvalue weighted by molar-refractivity contribution is 0.0938. The normalized spacial score (nSPS) is 16.4. The van der Waals surface area contributed by atoms with Crippen LogP contribution in [0.5, 0.6) is 11.5 Å². The molecule has 0 aliphatic carbocycles. The highest BCUT2D eigenvalue weighted by atomic mass is 32.1. The molecule has 0 spiro atoms. The maximum atomic E-state index is 12.2. The first-order valence-corrected chi connectivity index (χ1v) is 10.4. The van der Waals surface area contributed by atoms with Gasteiger partial charge in [-0.25, -0.2) is 4.98 Å². The lowest BCUT2D eigenvalue weighted by atomic mass is 10.1. The molecule has 1 aliphatic rings. The number of fused-ring (bicyclic) bond motifs is 1. The Kier molecular flexibility index (Phi) is 6.07. The fourth-order valence-electron chi connectivity index (χ4n) is 3.49. The Morgan fingerprint density at radius 3 is 2.93 bits per heavy atom. The highest BCUT2D eigenvalue weighted by Crippen LogP contribution is 2.34. The van der Waals surface area contributed by atoms with Gasteiger partial charge in [0, 0.05) is 42.7 Å². The zero-order valence-corrected chi connectivity index (χ0v) is 17.0. The average molecular weight is 410 g/mol. The van der Waals surface area contributed by atoms with E-state index in [4.69, 9.17) is 9.47 Å². The van der Waals surface area contributed by atoms with Crippen LogP contribution in [0.1, 0.15) is 27.7 Å². The highest BCUT2D eigenvalue weighted by molar-refractivity contribution is 7.07. The molecule has 1 amide bonds. The summed E-state index contributed by atoms with van der Waals surface area (Å²) >= 11 is 1.42. The van der Waals surface area contributed by atoms with Crippen molar-refractivity contribution in [1.82, 2.24) is 15.2 Å². The van der Waals surface area contributed by atoms with Crippen LogP contribution >= 0.6 is 11.3 Å². The van der Waals surface area contributed by atoms with Crippen LogP contribution in [0, 0.1) is 0 Å². The van der Waals surface area contributed by atoms with E-state index in [1.807, 2.05) is 42.5 Å². The fourth-order valence-corrected chi connectivity index (χ4v) is 4.02. The van der Waals surface area contributed by atoms with Crippen LogP contribution < -0.4 is 14.8 Å². The first-order valence-electron chi connectivity index (χ1n) is 9.51. The van der Waals surface area contributed by atoms with Gasteiger partial charge in [-0.1, -0.05) is 36.4 Å². The third-order valence-electron chi connectivity index (χ3n) is 4.92. The molecular weight excluding hydrogens is 386 g/mol. The zero-order chi connectivity index (χ0) is 20.1. The van der Waals surface area contributed by atoms with Gasteiger partial charge in [0.2, 0.25) is 0 Å². The number of hydrogen-bond acceptors (Lipinski definition) is 6. The molecule has 7 heteroatoms. The summed E-state index contributed by atoms with van der Waals surface area (Å²) in [6.45, 7) is 2.70. The van der Waals surface area contributed by atoms with Crippen LogP contribution in [0.2, 0.25) is 0 Å². The van der Waals surface area contributed by atoms with Crippen LogP contribution in [0.4, 0.5) is 0 Å². The maximum absolute atomic E-state index is 12.2. The Balaban J connectivity index is 1.50. The average Bonchev–Trinajstić information content (AvgIpc) is 3.22. The minimum atomic E-state index is -0.163. The van der Waals surface area contributed by atoms with E-state index in [9.17, 15) is 4.79 Å². The molecular formula is C22H23N3O3S. The van der Waals surface area contributed by atoms with Crippen molar-refractivity contribution in [1.29, 1.82) is 0 Å². The number of methoxy groups -OCH3 is 1. The van der Waals surface area contributed by atoms with Crippen molar-refractivity contribution in [3.8, 4) is 11.5 Å². The maximum Gasteiger partial charge on any atom is 0.270 e. The van der Waals surface area contributed by atoms with Gasteiger partial charge in [0.25, 0.3) is 5.91 Å². The van der Waals surface area contributed by atoms with E-state index in [1.165, 1.54) is 11.3 Å². The monoisotopic (exact) mass is 409 g/mol. The summed E-state index contributed by atoms with van der Waals surface area (Å²) in [5, 5.41) is 4.70. The summed E-state index contributed by atoms with van der Waals surface area (Å²) in [6, 6.07) is 16.0. The molecule has 1 N–H and O–H groups in total. The van der Waals surface area contributed by atoms with E-state index in [0.29, 0.717) is 25.3 Å². The number of thiazole rings is 1. The van der Waals surface area contributed by atoms with Gasteiger partial charge < -0.3 is 14.8 Å². The number of para-hydroxylation sites is 2. The van der Waals surface area contributed by atoms with Crippen molar-refractivity contribution in [2.75, 3.05) is 26.7 Å². The molecule has 3 aromatic rings. The number of ether oxygens (including phenoxy) is 2. The number of carbonyl (C=O) groups is 1. The second kappa shape index (κ2) is 9.07. The predicted molar refractivity (Wildman–Crippen MR) is 113 cm³/mol. The smallest absolute Gasteiger partial charge is 0.270 e. The topological polar surface area (TPSA) is 63.7 Å². The molecule has 1 aromatic heterocycles. The number of amides is 1. The summed E-state index contributed by atoms with van der Waals surface area (Å²) in [6.07, 6.45) is -0.163. The minimum Gasteiger partial charge on any atom is -0.496 e. The molecule has 0 saturated carbocycles. The van der Waals surface area contributed by atoms with Crippen LogP contribution in [0.15, 0.2) is 59.4 Å². The second-order valence-corrected chi connectivity index (χ2v) is 7.54. The summed E-state index contributed by atoms with van der Waals surface area (Å²) in [5.74, 6) is 1.56. The number of aromatic nitrogens is 1. The number of nitrogens with zero attached hydrogens (tertiary/aromatic N) is 2. The molecule has 0 bridgehead atoms. The quantitative estimate of drug-likeness (QED) is 0.675. The molecule has 4 rings (SSSR count). The van der Waals surface area contributed by atoms with Crippen LogP contribution in [0.25, 0.3) is 0 Å². The minimum absolute atomic E-state index is 0.140. The number of carbonyl (C=O) groups excluding carboxylic acids is 1. The lowest BCUT2D eigenvalue weighted by Gasteiger charge is -2.25. The number of benzene rings is 2. The number of rotatable bonds is 6. The number of nitrogens with one attached hydrogen (secondary N) is 1. The standard InChI is InChI=1S/C22H23N3O3S/c1-27-20-9-5-3-7-17(20)21-13-25(12-16-6-2-4-8-19(16)28-21)11-10-23-22(26)18-14-29-15-24-18/h2-9,14-15,21H,10-13H2,1H3,(H,23,26). The van der Waals surface area contributed by atoms with Crippen molar-refractivity contribution in [2.24, 2.45) is 0 Å². The summed E-state index contributed by atoms with van der Waals surface area (Å²) in [4.78, 5) is 18.5. The van der Waals surface area contributed by atoms with E-state index >= 15 is 0 Å². The van der Waals surface area contributed by atoms with Gasteiger partial charge >= 0.3 is 0 Å². The summed E-state index contributed by atoms with van der Waals surface area (Å²) in [7, 11) is 1.68. The molecule has 0 radical (unpaired) electrons. The van der Waals surface area contributed by atoms with Crippen LogP contribution in [0.3, 0.4) is 0 Å². The Morgan fingerprint density at radius 2 is 2.10 bits per heavy atom. The first kappa shape index (κ1) is 19.4. The van der Waals surface area contributed by atoms with E-state index in [-0.39, 0.29) is 12.0 Å². The highest BCUT2D eigenvalue weighted by Gasteiger charge is 2.26. The number of hydrogen-bond donors (Lipinski definition) is 1. The summed E-state index contributed by atoms with van der Waals surface area (Å²) < 4.78 is 11.9. The SMILES string of the molecule is COc1ccccc1C1CN(CCNC(=O)c2cscn2)Cc2ccccc2O1. The lowest BCUT2D eigenvalue weighted by Crippen LogP contribution is -2.36. The van der Waals surface area contributed by atoms with Gasteiger partial charge in [-0.15, -0.1) is 11.3 Å². The predicted octanol–water partition coefficient (Wildman–Crippen LogP) is 3.52. The molecule has 1 unspecified atom stereocenters. The van der Waals surface area contributed by atoms with Crippen molar-refractivity contribution in [3.05, 3.63) is 76.2 Å². The Hall–Kier alpha value is -2.90. The van der Waals surface area contributed by atoms with E-state index < -0.39 is 0 Å². The first-order chi connectivity index (χ1) is 14.2. The largest absolute Gasteiger partial charge is 0.496 e. The molecule has 1 aliphatic heterocycles. The molecule has 1 atom stereocenters. The van der Waals surface area contributed by atoms with Gasteiger partial charge in [0.1, 0.15) is 23.3 Å². The van der Waals surface area contributed by atoms with Gasteiger partial charge in [-0.2, -0.15) is 0 Å². The van der Waals surface area contributed by atoms with Crippen molar-refractivity contribution in [2.45, 2.75) is 12.6 Å². The molecule has 0 saturated heterocycles. The van der Waals surface area contributed by atoms with Gasteiger partial charge in [-0.05, 0) is 12.1 Å². The van der Waals surface area contributed by atoms with Gasteiger partial charge in [0.05, 0.1) is 12.6 Å². The Morgan fingerprint density at radius 1 is 1.28 bits per heavy atom. The van der Waals surface area contributed by atoms with Crippen molar-refractivity contribution in [3.63, 3.8) is 0 Å². The third-order valence-corrected chi connectivity index (χ3v) is 5.51. The van der Waals surface area contributed by atoms with Gasteiger partial charge in [0.15, 0.2) is 0 Å². The van der Waals surface area contributed by atoms with E-state index in [2.05, 4.69) is 21.3 Å². The molecule has 2 heterocycles. The Bertz CT molecular complexity index is 961.